The molecule has 6 heteroatoms. The van der Waals surface area contributed by atoms with Crippen molar-refractivity contribution in [2.75, 3.05) is 18.0 Å². The Kier molecular flexibility index (Phi) is 7.96. The lowest BCUT2D eigenvalue weighted by Gasteiger charge is -2.24. The summed E-state index contributed by atoms with van der Waals surface area (Å²) in [5.74, 6) is -0.860. The van der Waals surface area contributed by atoms with Crippen LogP contribution >= 0.6 is 0 Å². The summed E-state index contributed by atoms with van der Waals surface area (Å²) in [7, 11) is 0. The number of nitro groups is 1. The fourth-order valence-corrected chi connectivity index (χ4v) is 2.31. The SMILES string of the molecule is CCCCCCCN(CCC(=O)O)c1cccc([N+](=O)[O-])c1. The lowest BCUT2D eigenvalue weighted by Crippen LogP contribution is -2.27. The molecule has 1 rings (SSSR count). The number of unbranched alkanes of at least 4 members (excludes halogenated alkanes) is 4. The molecule has 122 valence electrons. The summed E-state index contributed by atoms with van der Waals surface area (Å²) in [5.41, 5.74) is 0.745. The standard InChI is InChI=1S/C16H24N2O4/c1-2-3-4-5-6-11-17(12-10-16(19)20)14-8-7-9-15(13-14)18(21)22/h7-9,13H,2-6,10-12H2,1H3,(H,19,20). The summed E-state index contributed by atoms with van der Waals surface area (Å²) >= 11 is 0. The molecule has 0 fully saturated rings. The van der Waals surface area contributed by atoms with Crippen LogP contribution in [0.3, 0.4) is 0 Å². The van der Waals surface area contributed by atoms with Crippen LogP contribution in [0, 0.1) is 10.1 Å². The number of benzene rings is 1. The Hall–Kier alpha value is -2.11. The van der Waals surface area contributed by atoms with Crippen LogP contribution in [0.25, 0.3) is 0 Å². The molecular weight excluding hydrogens is 284 g/mol. The van der Waals surface area contributed by atoms with Gasteiger partial charge in [0, 0.05) is 30.9 Å². The molecule has 0 unspecified atom stereocenters. The summed E-state index contributed by atoms with van der Waals surface area (Å²) < 4.78 is 0. The first-order chi connectivity index (χ1) is 10.5. The topological polar surface area (TPSA) is 83.7 Å². The van der Waals surface area contributed by atoms with E-state index in [0.29, 0.717) is 12.2 Å². The van der Waals surface area contributed by atoms with Crippen molar-refractivity contribution in [3.63, 3.8) is 0 Å². The van der Waals surface area contributed by atoms with Crippen molar-refractivity contribution in [3.8, 4) is 0 Å². The molecule has 0 aliphatic rings. The van der Waals surface area contributed by atoms with E-state index in [4.69, 9.17) is 5.11 Å². The molecule has 0 bridgehead atoms. The second kappa shape index (κ2) is 9.76. The van der Waals surface area contributed by atoms with Crippen LogP contribution in [0.5, 0.6) is 0 Å². The van der Waals surface area contributed by atoms with Crippen LogP contribution < -0.4 is 4.90 Å². The maximum absolute atomic E-state index is 10.9. The van der Waals surface area contributed by atoms with E-state index in [2.05, 4.69) is 6.92 Å². The first-order valence-corrected chi connectivity index (χ1v) is 7.75. The largest absolute Gasteiger partial charge is 0.481 e. The van der Waals surface area contributed by atoms with Gasteiger partial charge in [0.1, 0.15) is 0 Å². The van der Waals surface area contributed by atoms with Gasteiger partial charge in [-0.1, -0.05) is 38.7 Å². The van der Waals surface area contributed by atoms with E-state index in [9.17, 15) is 14.9 Å². The van der Waals surface area contributed by atoms with Gasteiger partial charge in [-0.2, -0.15) is 0 Å². The predicted molar refractivity (Wildman–Crippen MR) is 86.3 cm³/mol. The second-order valence-corrected chi connectivity index (χ2v) is 5.32. The number of rotatable bonds is 11. The zero-order valence-electron chi connectivity index (χ0n) is 13.0. The lowest BCUT2D eigenvalue weighted by molar-refractivity contribution is -0.384. The maximum atomic E-state index is 10.9. The van der Waals surface area contributed by atoms with E-state index in [1.165, 1.54) is 25.0 Å². The van der Waals surface area contributed by atoms with Gasteiger partial charge in [0.2, 0.25) is 0 Å². The van der Waals surface area contributed by atoms with Crippen molar-refractivity contribution in [1.82, 2.24) is 0 Å². The normalized spacial score (nSPS) is 10.4. The summed E-state index contributed by atoms with van der Waals surface area (Å²) in [6, 6.07) is 6.38. The first-order valence-electron chi connectivity index (χ1n) is 7.75. The average molecular weight is 308 g/mol. The average Bonchev–Trinajstić information content (AvgIpc) is 2.50. The number of hydrogen-bond donors (Lipinski definition) is 1. The maximum Gasteiger partial charge on any atom is 0.305 e. The summed E-state index contributed by atoms with van der Waals surface area (Å²) in [6.45, 7) is 3.24. The number of non-ortho nitro benzene ring substituents is 1. The Labute approximate surface area is 130 Å². The van der Waals surface area contributed by atoms with Crippen LogP contribution in [-0.4, -0.2) is 29.1 Å². The Morgan fingerprint density at radius 2 is 1.95 bits per heavy atom. The van der Waals surface area contributed by atoms with E-state index in [1.54, 1.807) is 12.1 Å². The molecule has 6 nitrogen and oxygen atoms in total. The fraction of sp³-hybridized carbons (Fsp3) is 0.562. The van der Waals surface area contributed by atoms with Crippen molar-refractivity contribution in [3.05, 3.63) is 34.4 Å². The van der Waals surface area contributed by atoms with Gasteiger partial charge in [-0.15, -0.1) is 0 Å². The Bertz CT molecular complexity index is 491. The van der Waals surface area contributed by atoms with E-state index in [-0.39, 0.29) is 12.1 Å². The lowest BCUT2D eigenvalue weighted by atomic mass is 10.1. The highest BCUT2D eigenvalue weighted by Gasteiger charge is 2.12. The molecule has 0 heterocycles. The number of hydrogen-bond acceptors (Lipinski definition) is 4. The van der Waals surface area contributed by atoms with Crippen LogP contribution in [0.15, 0.2) is 24.3 Å². The third-order valence-electron chi connectivity index (χ3n) is 3.53. The number of aliphatic carboxylic acids is 1. The number of carboxylic acids is 1. The van der Waals surface area contributed by atoms with Crippen molar-refractivity contribution < 1.29 is 14.8 Å². The van der Waals surface area contributed by atoms with Gasteiger partial charge in [-0.25, -0.2) is 0 Å². The number of anilines is 1. The van der Waals surface area contributed by atoms with E-state index in [1.807, 2.05) is 4.90 Å². The van der Waals surface area contributed by atoms with Gasteiger partial charge < -0.3 is 10.0 Å². The molecule has 0 amide bonds. The molecule has 0 saturated heterocycles. The highest BCUT2D eigenvalue weighted by atomic mass is 16.6. The molecule has 1 aromatic carbocycles. The van der Waals surface area contributed by atoms with Gasteiger partial charge in [-0.3, -0.25) is 14.9 Å². The van der Waals surface area contributed by atoms with Crippen LogP contribution in [0.1, 0.15) is 45.4 Å². The minimum atomic E-state index is -0.860. The molecule has 0 aliphatic heterocycles. The number of nitrogens with zero attached hydrogens (tertiary/aromatic N) is 2. The van der Waals surface area contributed by atoms with E-state index in [0.717, 1.165) is 25.8 Å². The zero-order chi connectivity index (χ0) is 16.4. The molecule has 0 spiro atoms. The van der Waals surface area contributed by atoms with Gasteiger partial charge in [0.05, 0.1) is 11.3 Å². The zero-order valence-corrected chi connectivity index (χ0v) is 13.0. The van der Waals surface area contributed by atoms with Gasteiger partial charge in [0.25, 0.3) is 5.69 Å². The van der Waals surface area contributed by atoms with Crippen molar-refractivity contribution in [1.29, 1.82) is 0 Å². The number of nitro benzene ring substituents is 1. The van der Waals surface area contributed by atoms with Crippen LogP contribution in [0.4, 0.5) is 11.4 Å². The quantitative estimate of drug-likeness (QED) is 0.381. The van der Waals surface area contributed by atoms with Crippen molar-refractivity contribution in [2.45, 2.75) is 45.4 Å². The van der Waals surface area contributed by atoms with Crippen LogP contribution in [0.2, 0.25) is 0 Å². The van der Waals surface area contributed by atoms with Crippen molar-refractivity contribution >= 4 is 17.3 Å². The molecule has 0 radical (unpaired) electrons. The molecule has 0 aromatic heterocycles. The van der Waals surface area contributed by atoms with E-state index >= 15 is 0 Å². The monoisotopic (exact) mass is 308 g/mol. The first kappa shape index (κ1) is 17.9. The summed E-state index contributed by atoms with van der Waals surface area (Å²) in [4.78, 5) is 23.2. The summed E-state index contributed by atoms with van der Waals surface area (Å²) in [5, 5.41) is 19.7. The predicted octanol–water partition coefficient (Wildman–Crippen LogP) is 3.85. The third kappa shape index (κ3) is 6.56. The minimum absolute atomic E-state index is 0.0254. The highest BCUT2D eigenvalue weighted by molar-refractivity contribution is 5.67. The molecule has 0 saturated carbocycles. The van der Waals surface area contributed by atoms with Gasteiger partial charge in [0.15, 0.2) is 0 Å². The van der Waals surface area contributed by atoms with Crippen LogP contribution in [-0.2, 0) is 4.79 Å². The van der Waals surface area contributed by atoms with Gasteiger partial charge >= 0.3 is 5.97 Å². The van der Waals surface area contributed by atoms with Crippen molar-refractivity contribution in [2.24, 2.45) is 0 Å². The second-order valence-electron chi connectivity index (χ2n) is 5.32. The molecular formula is C16H24N2O4. The molecule has 0 aliphatic carbocycles. The minimum Gasteiger partial charge on any atom is -0.481 e. The number of carboxylic acid groups (broad SMARTS) is 1. The molecule has 1 N–H and O–H groups in total. The smallest absolute Gasteiger partial charge is 0.305 e. The Morgan fingerprint density at radius 1 is 1.23 bits per heavy atom. The van der Waals surface area contributed by atoms with Gasteiger partial charge in [-0.05, 0) is 12.5 Å². The Balaban J connectivity index is 2.69. The molecule has 1 aromatic rings. The summed E-state index contributed by atoms with van der Waals surface area (Å²) in [6.07, 6.45) is 5.62. The number of carbonyl (C=O) groups is 1. The molecule has 22 heavy (non-hydrogen) atoms. The molecule has 0 atom stereocenters. The highest BCUT2D eigenvalue weighted by Crippen LogP contribution is 2.22. The third-order valence-corrected chi connectivity index (χ3v) is 3.53. The van der Waals surface area contributed by atoms with E-state index < -0.39 is 10.9 Å². The Morgan fingerprint density at radius 3 is 2.59 bits per heavy atom. The fourth-order valence-electron chi connectivity index (χ4n) is 2.31.